The van der Waals surface area contributed by atoms with Gasteiger partial charge in [-0.1, -0.05) is 37.6 Å². The van der Waals surface area contributed by atoms with E-state index in [0.717, 1.165) is 5.56 Å². The average Bonchev–Trinajstić information content (AvgIpc) is 2.96. The number of aryl methyl sites for hydroxylation is 1. The monoisotopic (exact) mass is 362 g/mol. The van der Waals surface area contributed by atoms with Crippen LogP contribution in [0.4, 0.5) is 0 Å². The highest BCUT2D eigenvalue weighted by atomic mass is 35.5. The highest BCUT2D eigenvalue weighted by molar-refractivity contribution is 6.33. The number of hydrogen-bond donors (Lipinski definition) is 1. The number of aromatic nitrogens is 2. The number of nitrogens with one attached hydrogen (secondary N) is 1. The lowest BCUT2D eigenvalue weighted by Gasteiger charge is -2.27. The van der Waals surface area contributed by atoms with Gasteiger partial charge >= 0.3 is 0 Å². The molecule has 0 saturated heterocycles. The minimum atomic E-state index is -0.634. The normalized spacial score (nSPS) is 12.1. The summed E-state index contributed by atoms with van der Waals surface area (Å²) in [5.41, 5.74) is 1.29. The van der Waals surface area contributed by atoms with Crippen molar-refractivity contribution in [3.8, 4) is 0 Å². The summed E-state index contributed by atoms with van der Waals surface area (Å²) in [6.07, 6.45) is 3.58. The van der Waals surface area contributed by atoms with Crippen LogP contribution in [0.25, 0.3) is 0 Å². The highest BCUT2D eigenvalue weighted by Gasteiger charge is 2.28. The second kappa shape index (κ2) is 8.16. The quantitative estimate of drug-likeness (QED) is 0.858. The van der Waals surface area contributed by atoms with Crippen LogP contribution in [-0.2, 0) is 18.4 Å². The molecule has 0 aliphatic heterocycles. The standard InChI is InChI=1S/C18H23ClN4O2/c1-12(2)16(21-17(24)14-7-5-6-8-15(14)19)18(25)22(3)10-13-9-20-23(4)11-13/h5-9,11-12,16H,10H2,1-4H3,(H,21,24). The Hall–Kier alpha value is -2.34. The molecule has 0 spiro atoms. The largest absolute Gasteiger partial charge is 0.340 e. The Bertz CT molecular complexity index is 757. The zero-order valence-corrected chi connectivity index (χ0v) is 15.6. The molecular formula is C18H23ClN4O2. The number of halogens is 1. The minimum Gasteiger partial charge on any atom is -0.340 e. The van der Waals surface area contributed by atoms with E-state index in [0.29, 0.717) is 17.1 Å². The van der Waals surface area contributed by atoms with Crippen LogP contribution in [0.2, 0.25) is 5.02 Å². The molecule has 25 heavy (non-hydrogen) atoms. The summed E-state index contributed by atoms with van der Waals surface area (Å²) < 4.78 is 1.69. The van der Waals surface area contributed by atoms with E-state index < -0.39 is 6.04 Å². The summed E-state index contributed by atoms with van der Waals surface area (Å²) in [4.78, 5) is 26.9. The predicted molar refractivity (Wildman–Crippen MR) is 97.2 cm³/mol. The summed E-state index contributed by atoms with van der Waals surface area (Å²) in [6, 6.07) is 6.15. The van der Waals surface area contributed by atoms with Crippen molar-refractivity contribution in [3.63, 3.8) is 0 Å². The molecule has 0 radical (unpaired) electrons. The maximum Gasteiger partial charge on any atom is 0.253 e. The van der Waals surface area contributed by atoms with E-state index >= 15 is 0 Å². The van der Waals surface area contributed by atoms with Gasteiger partial charge in [-0.15, -0.1) is 0 Å². The molecule has 2 aromatic rings. The fourth-order valence-corrected chi connectivity index (χ4v) is 2.74. The Morgan fingerprint density at radius 1 is 1.32 bits per heavy atom. The molecule has 0 fully saturated rings. The van der Waals surface area contributed by atoms with E-state index in [1.54, 1.807) is 47.1 Å². The Labute approximate surface area is 152 Å². The molecule has 2 amide bonds. The van der Waals surface area contributed by atoms with Crippen LogP contribution in [-0.4, -0.2) is 39.6 Å². The van der Waals surface area contributed by atoms with Crippen LogP contribution < -0.4 is 5.32 Å². The van der Waals surface area contributed by atoms with Crippen molar-refractivity contribution in [1.29, 1.82) is 0 Å². The van der Waals surface area contributed by atoms with E-state index in [-0.39, 0.29) is 17.7 Å². The van der Waals surface area contributed by atoms with Gasteiger partial charge in [0.1, 0.15) is 6.04 Å². The SMILES string of the molecule is CC(C)C(NC(=O)c1ccccc1Cl)C(=O)N(C)Cc1cnn(C)c1. The molecule has 2 rings (SSSR count). The number of nitrogens with zero attached hydrogens (tertiary/aromatic N) is 3. The molecule has 1 N–H and O–H groups in total. The van der Waals surface area contributed by atoms with E-state index in [1.807, 2.05) is 27.1 Å². The van der Waals surface area contributed by atoms with Crippen LogP contribution in [0, 0.1) is 5.92 Å². The molecule has 1 aromatic carbocycles. The molecule has 0 saturated carbocycles. The lowest BCUT2D eigenvalue weighted by Crippen LogP contribution is -2.50. The van der Waals surface area contributed by atoms with Crippen molar-refractivity contribution in [2.45, 2.75) is 26.4 Å². The molecular weight excluding hydrogens is 340 g/mol. The minimum absolute atomic E-state index is 0.0599. The number of rotatable bonds is 6. The molecule has 1 heterocycles. The first kappa shape index (κ1) is 19.0. The number of likely N-dealkylation sites (N-methyl/N-ethyl adjacent to an activating group) is 1. The molecule has 0 aliphatic rings. The third-order valence-electron chi connectivity index (χ3n) is 3.89. The summed E-state index contributed by atoms with van der Waals surface area (Å²) in [6.45, 7) is 4.22. The molecule has 7 heteroatoms. The van der Waals surface area contributed by atoms with E-state index in [4.69, 9.17) is 11.6 Å². The van der Waals surface area contributed by atoms with Gasteiger partial charge in [-0.05, 0) is 18.1 Å². The first-order chi connectivity index (χ1) is 11.8. The van der Waals surface area contributed by atoms with E-state index in [9.17, 15) is 9.59 Å². The van der Waals surface area contributed by atoms with Crippen LogP contribution >= 0.6 is 11.6 Å². The lowest BCUT2D eigenvalue weighted by molar-refractivity contribution is -0.133. The van der Waals surface area contributed by atoms with Gasteiger partial charge in [0.25, 0.3) is 5.91 Å². The molecule has 0 aliphatic carbocycles. The molecule has 6 nitrogen and oxygen atoms in total. The van der Waals surface area contributed by atoms with Crippen LogP contribution in [0.1, 0.15) is 29.8 Å². The molecule has 1 aromatic heterocycles. The summed E-state index contributed by atoms with van der Waals surface area (Å²) in [7, 11) is 3.54. The highest BCUT2D eigenvalue weighted by Crippen LogP contribution is 2.16. The van der Waals surface area contributed by atoms with Crippen molar-refractivity contribution in [2.75, 3.05) is 7.05 Å². The molecule has 134 valence electrons. The van der Waals surface area contributed by atoms with Crippen molar-refractivity contribution in [3.05, 3.63) is 52.8 Å². The van der Waals surface area contributed by atoms with Crippen LogP contribution in [0.3, 0.4) is 0 Å². The zero-order valence-electron chi connectivity index (χ0n) is 14.9. The molecule has 1 unspecified atom stereocenters. The second-order valence-corrected chi connectivity index (χ2v) is 6.80. The fraction of sp³-hybridized carbons (Fsp3) is 0.389. The van der Waals surface area contributed by atoms with Gasteiger partial charge in [0.05, 0.1) is 16.8 Å². The third kappa shape index (κ3) is 4.82. The van der Waals surface area contributed by atoms with Gasteiger partial charge in [0.2, 0.25) is 5.91 Å². The van der Waals surface area contributed by atoms with E-state index in [1.165, 1.54) is 0 Å². The van der Waals surface area contributed by atoms with E-state index in [2.05, 4.69) is 10.4 Å². The lowest BCUT2D eigenvalue weighted by atomic mass is 10.0. The van der Waals surface area contributed by atoms with Crippen LogP contribution in [0.5, 0.6) is 0 Å². The fourth-order valence-electron chi connectivity index (χ4n) is 2.52. The van der Waals surface area contributed by atoms with Crippen molar-refractivity contribution in [2.24, 2.45) is 13.0 Å². The number of carbonyl (C=O) groups excluding carboxylic acids is 2. The smallest absolute Gasteiger partial charge is 0.253 e. The second-order valence-electron chi connectivity index (χ2n) is 6.39. The van der Waals surface area contributed by atoms with Gasteiger partial charge < -0.3 is 10.2 Å². The summed E-state index contributed by atoms with van der Waals surface area (Å²) in [5.74, 6) is -0.568. The first-order valence-electron chi connectivity index (χ1n) is 8.07. The van der Waals surface area contributed by atoms with Gasteiger partial charge in [-0.2, -0.15) is 5.10 Å². The maximum atomic E-state index is 12.8. The van der Waals surface area contributed by atoms with Gasteiger partial charge in [0.15, 0.2) is 0 Å². The van der Waals surface area contributed by atoms with Gasteiger partial charge in [-0.25, -0.2) is 0 Å². The maximum absolute atomic E-state index is 12.8. The first-order valence-corrected chi connectivity index (χ1v) is 8.45. The van der Waals surface area contributed by atoms with Crippen molar-refractivity contribution in [1.82, 2.24) is 20.0 Å². The van der Waals surface area contributed by atoms with Crippen LogP contribution in [0.15, 0.2) is 36.7 Å². The van der Waals surface area contributed by atoms with Crippen molar-refractivity contribution >= 4 is 23.4 Å². The summed E-state index contributed by atoms with van der Waals surface area (Å²) in [5, 5.41) is 7.27. The molecule has 1 atom stereocenters. The van der Waals surface area contributed by atoms with Crippen molar-refractivity contribution < 1.29 is 9.59 Å². The van der Waals surface area contributed by atoms with Gasteiger partial charge in [-0.3, -0.25) is 14.3 Å². The average molecular weight is 363 g/mol. The Morgan fingerprint density at radius 3 is 2.56 bits per heavy atom. The summed E-state index contributed by atoms with van der Waals surface area (Å²) >= 11 is 6.07. The number of carbonyl (C=O) groups is 2. The topological polar surface area (TPSA) is 67.2 Å². The van der Waals surface area contributed by atoms with Gasteiger partial charge in [0, 0.05) is 32.4 Å². The Kier molecular flexibility index (Phi) is 6.20. The zero-order chi connectivity index (χ0) is 18.6. The number of benzene rings is 1. The number of amides is 2. The number of hydrogen-bond acceptors (Lipinski definition) is 3. The predicted octanol–water partition coefficient (Wildman–Crippen LogP) is 2.49. The Balaban J connectivity index is 2.10. The molecule has 0 bridgehead atoms. The Morgan fingerprint density at radius 2 is 2.00 bits per heavy atom. The third-order valence-corrected chi connectivity index (χ3v) is 4.22.